The zero-order valence-corrected chi connectivity index (χ0v) is 8.59. The predicted octanol–water partition coefficient (Wildman–Crippen LogP) is 1.19. The maximum Gasteiger partial charge on any atom is 0.269 e. The lowest BCUT2D eigenvalue weighted by Gasteiger charge is -2.18. The molecule has 0 fully saturated rings. The molecule has 82 valence electrons. The Morgan fingerprint density at radius 1 is 1.40 bits per heavy atom. The third-order valence-corrected chi connectivity index (χ3v) is 2.47. The maximum absolute atomic E-state index is 10.4. The standard InChI is InChI=1S/C10H15N3O2/c1-7(6-11)10(12)8-2-4-9(5-3-8)13(14)15/h2-5,7,10H,6,11-12H2,1H3. The lowest BCUT2D eigenvalue weighted by Crippen LogP contribution is -2.25. The first kappa shape index (κ1) is 11.6. The Bertz CT molecular complexity index is 337. The molecular weight excluding hydrogens is 194 g/mol. The van der Waals surface area contributed by atoms with Crippen LogP contribution in [0.3, 0.4) is 0 Å². The quantitative estimate of drug-likeness (QED) is 0.575. The smallest absolute Gasteiger partial charge is 0.269 e. The molecule has 0 aliphatic carbocycles. The van der Waals surface area contributed by atoms with E-state index >= 15 is 0 Å². The number of nitro benzene ring substituents is 1. The van der Waals surface area contributed by atoms with Gasteiger partial charge in [-0.15, -0.1) is 0 Å². The van der Waals surface area contributed by atoms with Crippen molar-refractivity contribution in [3.8, 4) is 0 Å². The summed E-state index contributed by atoms with van der Waals surface area (Å²) in [6.07, 6.45) is 0. The second-order valence-corrected chi connectivity index (χ2v) is 3.59. The molecule has 5 heteroatoms. The minimum atomic E-state index is -0.429. The van der Waals surface area contributed by atoms with Gasteiger partial charge in [-0.2, -0.15) is 0 Å². The van der Waals surface area contributed by atoms with Gasteiger partial charge < -0.3 is 11.5 Å². The van der Waals surface area contributed by atoms with Gasteiger partial charge in [0.2, 0.25) is 0 Å². The largest absolute Gasteiger partial charge is 0.330 e. The van der Waals surface area contributed by atoms with Crippen LogP contribution < -0.4 is 11.5 Å². The van der Waals surface area contributed by atoms with Gasteiger partial charge in [-0.1, -0.05) is 19.1 Å². The summed E-state index contributed by atoms with van der Waals surface area (Å²) < 4.78 is 0. The zero-order valence-electron chi connectivity index (χ0n) is 8.59. The molecule has 0 aliphatic heterocycles. The molecule has 0 spiro atoms. The van der Waals surface area contributed by atoms with Gasteiger partial charge in [0, 0.05) is 18.2 Å². The van der Waals surface area contributed by atoms with Gasteiger partial charge in [0.1, 0.15) is 0 Å². The SMILES string of the molecule is CC(CN)C(N)c1ccc([N+](=O)[O-])cc1. The van der Waals surface area contributed by atoms with Crippen LogP contribution in [0.15, 0.2) is 24.3 Å². The van der Waals surface area contributed by atoms with E-state index in [0.717, 1.165) is 5.56 Å². The van der Waals surface area contributed by atoms with E-state index in [9.17, 15) is 10.1 Å². The first-order valence-electron chi connectivity index (χ1n) is 4.76. The number of nitrogens with two attached hydrogens (primary N) is 2. The monoisotopic (exact) mass is 209 g/mol. The van der Waals surface area contributed by atoms with Gasteiger partial charge in [-0.05, 0) is 18.0 Å². The summed E-state index contributed by atoms with van der Waals surface area (Å²) >= 11 is 0. The van der Waals surface area contributed by atoms with Crippen molar-refractivity contribution in [1.29, 1.82) is 0 Å². The van der Waals surface area contributed by atoms with E-state index in [1.165, 1.54) is 12.1 Å². The molecule has 0 aliphatic rings. The average Bonchev–Trinajstić information content (AvgIpc) is 2.27. The molecule has 0 heterocycles. The molecule has 1 aromatic carbocycles. The summed E-state index contributed by atoms with van der Waals surface area (Å²) in [6, 6.07) is 6.09. The summed E-state index contributed by atoms with van der Waals surface area (Å²) in [5.74, 6) is 0.159. The molecule has 0 saturated heterocycles. The van der Waals surface area contributed by atoms with Crippen molar-refractivity contribution in [2.75, 3.05) is 6.54 Å². The van der Waals surface area contributed by atoms with Gasteiger partial charge in [0.05, 0.1) is 4.92 Å². The molecule has 5 nitrogen and oxygen atoms in total. The lowest BCUT2D eigenvalue weighted by molar-refractivity contribution is -0.384. The average molecular weight is 209 g/mol. The molecule has 15 heavy (non-hydrogen) atoms. The summed E-state index contributed by atoms with van der Waals surface area (Å²) in [6.45, 7) is 2.45. The van der Waals surface area contributed by atoms with Crippen molar-refractivity contribution >= 4 is 5.69 Å². The van der Waals surface area contributed by atoms with Crippen molar-refractivity contribution in [2.45, 2.75) is 13.0 Å². The third-order valence-electron chi connectivity index (χ3n) is 2.47. The van der Waals surface area contributed by atoms with Crippen LogP contribution >= 0.6 is 0 Å². The van der Waals surface area contributed by atoms with Gasteiger partial charge in [0.25, 0.3) is 5.69 Å². The topological polar surface area (TPSA) is 95.2 Å². The molecule has 0 bridgehead atoms. The Morgan fingerprint density at radius 3 is 2.33 bits per heavy atom. The number of non-ortho nitro benzene ring substituents is 1. The highest BCUT2D eigenvalue weighted by Gasteiger charge is 2.14. The molecule has 2 atom stereocenters. The molecule has 1 rings (SSSR count). The molecule has 0 amide bonds. The highest BCUT2D eigenvalue weighted by atomic mass is 16.6. The highest BCUT2D eigenvalue weighted by Crippen LogP contribution is 2.21. The second kappa shape index (κ2) is 4.86. The van der Waals surface area contributed by atoms with Crippen LogP contribution in [0.25, 0.3) is 0 Å². The minimum absolute atomic E-state index is 0.0753. The van der Waals surface area contributed by atoms with E-state index in [2.05, 4.69) is 0 Å². The van der Waals surface area contributed by atoms with Gasteiger partial charge in [0.15, 0.2) is 0 Å². The molecule has 0 saturated carbocycles. The zero-order chi connectivity index (χ0) is 11.4. The van der Waals surface area contributed by atoms with E-state index in [1.54, 1.807) is 12.1 Å². The number of nitrogens with zero attached hydrogens (tertiary/aromatic N) is 1. The van der Waals surface area contributed by atoms with Crippen LogP contribution in [-0.2, 0) is 0 Å². The molecule has 1 aromatic rings. The molecule has 0 radical (unpaired) electrons. The van der Waals surface area contributed by atoms with Gasteiger partial charge in [-0.25, -0.2) is 0 Å². The first-order valence-corrected chi connectivity index (χ1v) is 4.76. The Hall–Kier alpha value is -1.46. The fraction of sp³-hybridized carbons (Fsp3) is 0.400. The molecule has 2 unspecified atom stereocenters. The van der Waals surface area contributed by atoms with Crippen molar-refractivity contribution in [3.05, 3.63) is 39.9 Å². The Labute approximate surface area is 88.2 Å². The van der Waals surface area contributed by atoms with Crippen molar-refractivity contribution in [3.63, 3.8) is 0 Å². The summed E-state index contributed by atoms with van der Waals surface area (Å²) in [4.78, 5) is 10.00. The molecule has 4 N–H and O–H groups in total. The van der Waals surface area contributed by atoms with Gasteiger partial charge >= 0.3 is 0 Å². The van der Waals surface area contributed by atoms with Crippen LogP contribution in [0.2, 0.25) is 0 Å². The van der Waals surface area contributed by atoms with Crippen LogP contribution in [0.4, 0.5) is 5.69 Å². The maximum atomic E-state index is 10.4. The highest BCUT2D eigenvalue weighted by molar-refractivity contribution is 5.34. The van der Waals surface area contributed by atoms with Crippen LogP contribution in [-0.4, -0.2) is 11.5 Å². The van der Waals surface area contributed by atoms with Crippen LogP contribution in [0.5, 0.6) is 0 Å². The van der Waals surface area contributed by atoms with E-state index in [1.807, 2.05) is 6.92 Å². The molecule has 0 aromatic heterocycles. The first-order chi connectivity index (χ1) is 7.06. The van der Waals surface area contributed by atoms with Crippen LogP contribution in [0.1, 0.15) is 18.5 Å². The van der Waals surface area contributed by atoms with E-state index in [0.29, 0.717) is 6.54 Å². The molecular formula is C10H15N3O2. The summed E-state index contributed by atoms with van der Waals surface area (Å²) in [5, 5.41) is 10.4. The predicted molar refractivity (Wildman–Crippen MR) is 58.2 cm³/mol. The number of hydrogen-bond donors (Lipinski definition) is 2. The Kier molecular flexibility index (Phi) is 3.76. The van der Waals surface area contributed by atoms with E-state index in [-0.39, 0.29) is 17.6 Å². The number of nitro groups is 1. The second-order valence-electron chi connectivity index (χ2n) is 3.59. The fourth-order valence-corrected chi connectivity index (χ4v) is 1.29. The normalized spacial score (nSPS) is 14.6. The Morgan fingerprint density at radius 2 is 1.93 bits per heavy atom. The summed E-state index contributed by atoms with van der Waals surface area (Å²) in [7, 11) is 0. The van der Waals surface area contributed by atoms with Crippen molar-refractivity contribution < 1.29 is 4.92 Å². The number of hydrogen-bond acceptors (Lipinski definition) is 4. The number of rotatable bonds is 4. The lowest BCUT2D eigenvalue weighted by atomic mass is 9.95. The third kappa shape index (κ3) is 2.74. The Balaban J connectivity index is 2.84. The minimum Gasteiger partial charge on any atom is -0.330 e. The van der Waals surface area contributed by atoms with Crippen LogP contribution in [0, 0.1) is 16.0 Å². The number of benzene rings is 1. The summed E-state index contributed by atoms with van der Waals surface area (Å²) in [5.41, 5.74) is 12.4. The fourth-order valence-electron chi connectivity index (χ4n) is 1.29. The van der Waals surface area contributed by atoms with Crippen molar-refractivity contribution in [1.82, 2.24) is 0 Å². The van der Waals surface area contributed by atoms with Crippen molar-refractivity contribution in [2.24, 2.45) is 17.4 Å². The van der Waals surface area contributed by atoms with E-state index in [4.69, 9.17) is 11.5 Å². The van der Waals surface area contributed by atoms with E-state index < -0.39 is 4.92 Å². The van der Waals surface area contributed by atoms with Gasteiger partial charge in [-0.3, -0.25) is 10.1 Å².